The number of hydrogen-bond acceptors (Lipinski definition) is 7. The highest BCUT2D eigenvalue weighted by Gasteiger charge is 2.39. The third-order valence-corrected chi connectivity index (χ3v) is 11.2. The standard InChI is InChI=1S/C42H46N2O6S/c1-29-39(27-44(3)30(2)40(46)33-13-6-4-7-14-33)49-42(50-41(29)34-22-20-31(28-45)21-23-34)37-17-11-16-36(25-37)35-15-10-12-32(24-35)26-43-51(47,48)38-18-8-5-9-19-38/h4-25,29-30,39-43,45-46H,26-28H2,1-3H3/t29-,30-,39+,40-,41+,42+/m1/s1. The molecule has 0 spiro atoms. The lowest BCUT2D eigenvalue weighted by Gasteiger charge is -2.43. The zero-order valence-electron chi connectivity index (χ0n) is 29.2. The van der Waals surface area contributed by atoms with Gasteiger partial charge < -0.3 is 19.7 Å². The van der Waals surface area contributed by atoms with Crippen molar-refractivity contribution in [3.05, 3.63) is 161 Å². The molecule has 0 radical (unpaired) electrons. The summed E-state index contributed by atoms with van der Waals surface area (Å²) in [4.78, 5) is 2.37. The number of aliphatic hydroxyl groups excluding tert-OH is 2. The maximum absolute atomic E-state index is 12.8. The van der Waals surface area contributed by atoms with Crippen LogP contribution in [0.2, 0.25) is 0 Å². The van der Waals surface area contributed by atoms with Crippen molar-refractivity contribution in [2.24, 2.45) is 5.92 Å². The predicted molar refractivity (Wildman–Crippen MR) is 199 cm³/mol. The number of nitrogens with zero attached hydrogens (tertiary/aromatic N) is 1. The van der Waals surface area contributed by atoms with Gasteiger partial charge in [-0.25, -0.2) is 13.1 Å². The first-order chi connectivity index (χ1) is 24.6. The Kier molecular flexibility index (Phi) is 11.8. The van der Waals surface area contributed by atoms with Crippen LogP contribution in [0, 0.1) is 5.92 Å². The molecule has 8 nitrogen and oxygen atoms in total. The van der Waals surface area contributed by atoms with Gasteiger partial charge in [-0.2, -0.15) is 0 Å². The highest BCUT2D eigenvalue weighted by molar-refractivity contribution is 7.89. The Balaban J connectivity index is 1.23. The van der Waals surface area contributed by atoms with Crippen LogP contribution in [0.1, 0.15) is 60.2 Å². The highest BCUT2D eigenvalue weighted by Crippen LogP contribution is 2.42. The molecule has 0 saturated carbocycles. The highest BCUT2D eigenvalue weighted by atomic mass is 32.2. The minimum atomic E-state index is -3.65. The molecule has 9 heteroatoms. The minimum Gasteiger partial charge on any atom is -0.392 e. The molecule has 1 aliphatic rings. The maximum Gasteiger partial charge on any atom is 0.240 e. The van der Waals surface area contributed by atoms with Crippen LogP contribution in [0.15, 0.2) is 138 Å². The number of benzene rings is 5. The molecule has 0 amide bonds. The molecule has 266 valence electrons. The Morgan fingerprint density at radius 3 is 2.10 bits per heavy atom. The fourth-order valence-electron chi connectivity index (χ4n) is 6.53. The van der Waals surface area contributed by atoms with Crippen LogP contribution in [-0.2, 0) is 32.6 Å². The summed E-state index contributed by atoms with van der Waals surface area (Å²) in [7, 11) is -1.64. The predicted octanol–water partition coefficient (Wildman–Crippen LogP) is 7.17. The van der Waals surface area contributed by atoms with Crippen molar-refractivity contribution in [2.75, 3.05) is 13.6 Å². The largest absolute Gasteiger partial charge is 0.392 e. The van der Waals surface area contributed by atoms with Gasteiger partial charge in [-0.1, -0.05) is 116 Å². The van der Waals surface area contributed by atoms with Crippen LogP contribution >= 0.6 is 0 Å². The van der Waals surface area contributed by atoms with Crippen molar-refractivity contribution < 1.29 is 28.1 Å². The first kappa shape index (κ1) is 36.6. The van der Waals surface area contributed by atoms with Crippen molar-refractivity contribution in [3.63, 3.8) is 0 Å². The Morgan fingerprint density at radius 1 is 0.765 bits per heavy atom. The van der Waals surface area contributed by atoms with Gasteiger partial charge in [-0.15, -0.1) is 0 Å². The van der Waals surface area contributed by atoms with Crippen molar-refractivity contribution in [1.29, 1.82) is 0 Å². The Morgan fingerprint density at radius 2 is 1.41 bits per heavy atom. The first-order valence-electron chi connectivity index (χ1n) is 17.3. The maximum atomic E-state index is 12.8. The zero-order chi connectivity index (χ0) is 36.0. The molecule has 3 N–H and O–H groups in total. The molecule has 1 heterocycles. The summed E-state index contributed by atoms with van der Waals surface area (Å²) < 4.78 is 41.9. The van der Waals surface area contributed by atoms with Crippen LogP contribution in [0.3, 0.4) is 0 Å². The summed E-state index contributed by atoms with van der Waals surface area (Å²) >= 11 is 0. The van der Waals surface area contributed by atoms with Crippen LogP contribution < -0.4 is 4.72 Å². The molecule has 0 unspecified atom stereocenters. The van der Waals surface area contributed by atoms with E-state index in [1.807, 2.05) is 111 Å². The van der Waals surface area contributed by atoms with E-state index in [0.29, 0.717) is 6.54 Å². The summed E-state index contributed by atoms with van der Waals surface area (Å²) in [5.41, 5.74) is 6.27. The second kappa shape index (κ2) is 16.4. The number of hydrogen-bond donors (Lipinski definition) is 3. The van der Waals surface area contributed by atoms with E-state index >= 15 is 0 Å². The van der Waals surface area contributed by atoms with Gasteiger partial charge in [0.15, 0.2) is 6.29 Å². The quantitative estimate of drug-likeness (QED) is 0.119. The molecule has 0 aliphatic carbocycles. The average Bonchev–Trinajstić information content (AvgIpc) is 3.18. The number of aliphatic hydroxyl groups is 2. The summed E-state index contributed by atoms with van der Waals surface area (Å²) in [6.45, 7) is 4.84. The normalized spacial score (nSPS) is 20.6. The number of ether oxygens (including phenoxy) is 2. The molecule has 51 heavy (non-hydrogen) atoms. The van der Waals surface area contributed by atoms with Crippen molar-refractivity contribution >= 4 is 10.0 Å². The van der Waals surface area contributed by atoms with E-state index < -0.39 is 22.4 Å². The Labute approximate surface area is 301 Å². The lowest BCUT2D eigenvalue weighted by Crippen LogP contribution is -2.46. The lowest BCUT2D eigenvalue weighted by atomic mass is 9.89. The fourth-order valence-corrected chi connectivity index (χ4v) is 7.57. The van der Waals surface area contributed by atoms with Crippen molar-refractivity contribution in [3.8, 4) is 11.1 Å². The molecule has 1 fully saturated rings. The summed E-state index contributed by atoms with van der Waals surface area (Å²) in [5.74, 6) is -0.0238. The monoisotopic (exact) mass is 706 g/mol. The minimum absolute atomic E-state index is 0.0238. The SMILES string of the molecule is C[C@@H]1[C@H](CN(C)[C@H](C)[C@@H](O)c2ccccc2)O[C@H](c2cccc(-c3cccc(CNS(=O)(=O)c4ccccc4)c3)c2)O[C@@H]1c1ccc(CO)cc1. The van der Waals surface area contributed by atoms with E-state index in [-0.39, 0.29) is 42.2 Å². The number of nitrogens with one attached hydrogen (secondary N) is 1. The zero-order valence-corrected chi connectivity index (χ0v) is 30.0. The van der Waals surface area contributed by atoms with E-state index in [9.17, 15) is 18.6 Å². The van der Waals surface area contributed by atoms with Gasteiger partial charge in [0.25, 0.3) is 0 Å². The van der Waals surface area contributed by atoms with E-state index in [0.717, 1.165) is 38.9 Å². The molecule has 5 aromatic carbocycles. The first-order valence-corrected chi connectivity index (χ1v) is 18.8. The third kappa shape index (κ3) is 8.83. The van der Waals surface area contributed by atoms with E-state index in [1.54, 1.807) is 30.3 Å². The van der Waals surface area contributed by atoms with Crippen LogP contribution in [0.4, 0.5) is 0 Å². The molecule has 0 bridgehead atoms. The molecule has 5 aromatic rings. The molecule has 1 aliphatic heterocycles. The van der Waals surface area contributed by atoms with E-state index in [4.69, 9.17) is 9.47 Å². The Hall–Kier alpha value is -4.19. The molecular formula is C42H46N2O6S. The average molecular weight is 707 g/mol. The number of rotatable bonds is 13. The summed E-state index contributed by atoms with van der Waals surface area (Å²) in [5, 5.41) is 20.8. The second-order valence-electron chi connectivity index (χ2n) is 13.3. The molecular weight excluding hydrogens is 661 g/mol. The van der Waals surface area contributed by atoms with Gasteiger partial charge >= 0.3 is 0 Å². The van der Waals surface area contributed by atoms with Crippen LogP contribution in [-0.4, -0.2) is 49.3 Å². The molecule has 6 rings (SSSR count). The van der Waals surface area contributed by atoms with Gasteiger partial charge in [0.1, 0.15) is 0 Å². The molecule has 1 saturated heterocycles. The Bertz CT molecular complexity index is 1970. The third-order valence-electron chi connectivity index (χ3n) is 9.82. The summed E-state index contributed by atoms with van der Waals surface area (Å²) in [6, 6.07) is 41.6. The van der Waals surface area contributed by atoms with Gasteiger partial charge in [0.05, 0.1) is 29.8 Å². The number of sulfonamides is 1. The van der Waals surface area contributed by atoms with Gasteiger partial charge in [-0.05, 0) is 71.6 Å². The van der Waals surface area contributed by atoms with Crippen LogP contribution in [0.5, 0.6) is 0 Å². The second-order valence-corrected chi connectivity index (χ2v) is 15.1. The summed E-state index contributed by atoms with van der Waals surface area (Å²) in [6.07, 6.45) is -1.84. The molecule has 6 atom stereocenters. The van der Waals surface area contributed by atoms with E-state index in [1.165, 1.54) is 0 Å². The van der Waals surface area contributed by atoms with E-state index in [2.05, 4.69) is 22.6 Å². The molecule has 0 aromatic heterocycles. The fraction of sp³-hybridized carbons (Fsp3) is 0.286. The number of likely N-dealkylation sites (N-methyl/N-ethyl adjacent to an activating group) is 1. The lowest BCUT2D eigenvalue weighted by molar-refractivity contribution is -0.276. The topological polar surface area (TPSA) is 108 Å². The van der Waals surface area contributed by atoms with Crippen molar-refractivity contribution in [2.45, 2.75) is 62.5 Å². The van der Waals surface area contributed by atoms with Crippen LogP contribution in [0.25, 0.3) is 11.1 Å². The van der Waals surface area contributed by atoms with Gasteiger partial charge in [-0.3, -0.25) is 4.90 Å². The van der Waals surface area contributed by atoms with Crippen molar-refractivity contribution in [1.82, 2.24) is 9.62 Å². The smallest absolute Gasteiger partial charge is 0.240 e. The van der Waals surface area contributed by atoms with Gasteiger partial charge in [0.2, 0.25) is 10.0 Å². The van der Waals surface area contributed by atoms with Gasteiger partial charge in [0, 0.05) is 30.6 Å².